The summed E-state index contributed by atoms with van der Waals surface area (Å²) < 4.78 is 0. The Morgan fingerprint density at radius 1 is 1.25 bits per heavy atom. The number of nitrogens with zero attached hydrogens (tertiary/aromatic N) is 2. The second-order valence-corrected chi connectivity index (χ2v) is 8.29. The summed E-state index contributed by atoms with van der Waals surface area (Å²) in [5, 5.41) is 5.74. The highest BCUT2D eigenvalue weighted by atomic mass is 32.2. The van der Waals surface area contributed by atoms with E-state index < -0.39 is 0 Å². The molecule has 1 aromatic heterocycles. The Morgan fingerprint density at radius 3 is 2.92 bits per heavy atom. The first kappa shape index (κ1) is 14.9. The van der Waals surface area contributed by atoms with Crippen molar-refractivity contribution in [2.45, 2.75) is 31.7 Å². The molecule has 1 saturated heterocycles. The highest BCUT2D eigenvalue weighted by molar-refractivity contribution is 8.00. The van der Waals surface area contributed by atoms with Crippen LogP contribution in [0.1, 0.15) is 31.2 Å². The molecule has 0 aromatic carbocycles. The van der Waals surface area contributed by atoms with Crippen molar-refractivity contribution in [3.63, 3.8) is 0 Å². The Bertz CT molecular complexity index is 668. The van der Waals surface area contributed by atoms with Gasteiger partial charge in [-0.2, -0.15) is 11.8 Å². The van der Waals surface area contributed by atoms with Crippen molar-refractivity contribution in [1.29, 1.82) is 0 Å². The van der Waals surface area contributed by atoms with Gasteiger partial charge in [0.2, 0.25) is 0 Å². The maximum absolute atomic E-state index is 4.44. The van der Waals surface area contributed by atoms with Gasteiger partial charge >= 0.3 is 0 Å². The molecule has 0 spiro atoms. The first-order valence-electron chi connectivity index (χ1n) is 8.96. The van der Waals surface area contributed by atoms with Crippen LogP contribution in [0.2, 0.25) is 0 Å². The van der Waals surface area contributed by atoms with Crippen LogP contribution in [0.4, 0.5) is 5.82 Å². The van der Waals surface area contributed by atoms with Gasteiger partial charge in [-0.15, -0.1) is 5.53 Å². The zero-order valence-electron chi connectivity index (χ0n) is 13.7. The van der Waals surface area contributed by atoms with E-state index in [1.165, 1.54) is 60.7 Å². The lowest BCUT2D eigenvalue weighted by Gasteiger charge is -2.32. The van der Waals surface area contributed by atoms with E-state index in [4.69, 9.17) is 0 Å². The summed E-state index contributed by atoms with van der Waals surface area (Å²) in [7, 11) is 0. The normalized spacial score (nSPS) is 29.2. The molecule has 0 unspecified atom stereocenters. The molecule has 0 atom stereocenters. The third kappa shape index (κ3) is 2.55. The molecule has 24 heavy (non-hydrogen) atoms. The van der Waals surface area contributed by atoms with Gasteiger partial charge in [-0.05, 0) is 44.2 Å². The highest BCUT2D eigenvalue weighted by Crippen LogP contribution is 2.40. The van der Waals surface area contributed by atoms with Crippen molar-refractivity contribution in [2.24, 2.45) is 16.8 Å². The standard InChI is InChI=1S/C17H24N6S/c1-3-12(4-2-11(1)7-19-13-8-24-9-13)15-16-14-5-6-18-17(14)20-10-23(16)22-21-15/h5-6,10-13,18-19,21-22H,1-4,7-9H2. The van der Waals surface area contributed by atoms with E-state index in [-0.39, 0.29) is 0 Å². The van der Waals surface area contributed by atoms with Crippen LogP contribution in [0, 0.1) is 11.8 Å². The quantitative estimate of drug-likeness (QED) is 0.674. The van der Waals surface area contributed by atoms with Crippen LogP contribution in [-0.2, 0) is 0 Å². The van der Waals surface area contributed by atoms with Gasteiger partial charge in [0, 0.05) is 35.2 Å². The molecular formula is C17H24N6S. The van der Waals surface area contributed by atoms with Crippen LogP contribution in [0.3, 0.4) is 0 Å². The van der Waals surface area contributed by atoms with Crippen LogP contribution in [0.25, 0.3) is 5.70 Å². The van der Waals surface area contributed by atoms with Gasteiger partial charge in [-0.1, -0.05) is 0 Å². The van der Waals surface area contributed by atoms with E-state index in [1.807, 2.05) is 17.5 Å². The third-order valence-electron chi connectivity index (χ3n) is 5.68. The number of fused-ring (bicyclic) bond motifs is 3. The molecule has 2 fully saturated rings. The number of hydrazine groups is 2. The first-order valence-corrected chi connectivity index (χ1v) is 10.1. The van der Waals surface area contributed by atoms with Gasteiger partial charge < -0.3 is 15.7 Å². The van der Waals surface area contributed by atoms with Crippen LogP contribution >= 0.6 is 11.8 Å². The van der Waals surface area contributed by atoms with Gasteiger partial charge in [-0.3, -0.25) is 0 Å². The van der Waals surface area contributed by atoms with Gasteiger partial charge in [0.1, 0.15) is 12.2 Å². The monoisotopic (exact) mass is 344 g/mol. The van der Waals surface area contributed by atoms with Gasteiger partial charge in [-0.25, -0.2) is 10.0 Å². The molecule has 1 aliphatic carbocycles. The number of rotatable bonds is 4. The summed E-state index contributed by atoms with van der Waals surface area (Å²) in [5.41, 5.74) is 10.4. The summed E-state index contributed by atoms with van der Waals surface area (Å²) in [6.07, 6.45) is 9.00. The van der Waals surface area contributed by atoms with E-state index >= 15 is 0 Å². The van der Waals surface area contributed by atoms with Crippen LogP contribution < -0.4 is 16.3 Å². The Kier molecular flexibility index (Phi) is 3.80. The minimum absolute atomic E-state index is 0.613. The molecule has 1 saturated carbocycles. The number of allylic oxidation sites excluding steroid dienone is 1. The topological polar surface area (TPSA) is 67.5 Å². The molecule has 0 bridgehead atoms. The molecule has 128 valence electrons. The Balaban J connectivity index is 1.26. The molecule has 0 amide bonds. The average molecular weight is 344 g/mol. The number of aromatic amines is 1. The fraction of sp³-hybridized carbons (Fsp3) is 0.588. The fourth-order valence-corrected chi connectivity index (χ4v) is 4.85. The average Bonchev–Trinajstić information content (AvgIpc) is 3.20. The summed E-state index contributed by atoms with van der Waals surface area (Å²) >= 11 is 2.05. The Labute approximate surface area is 146 Å². The van der Waals surface area contributed by atoms with Gasteiger partial charge in [0.05, 0.1) is 11.4 Å². The maximum atomic E-state index is 4.44. The summed E-state index contributed by atoms with van der Waals surface area (Å²) in [6, 6.07) is 2.90. The summed E-state index contributed by atoms with van der Waals surface area (Å²) in [5.74, 6) is 5.02. The molecule has 4 aliphatic rings. The SMILES string of the molecule is C1=Nc2[nH]ccc2C2=C(C3CCC(CNC4CSC4)CC3)NNN12. The lowest BCUT2D eigenvalue weighted by atomic mass is 9.79. The van der Waals surface area contributed by atoms with Crippen molar-refractivity contribution in [3.8, 4) is 0 Å². The maximum Gasteiger partial charge on any atom is 0.141 e. The molecule has 6 nitrogen and oxygen atoms in total. The lowest BCUT2D eigenvalue weighted by molar-refractivity contribution is 0.278. The zero-order valence-corrected chi connectivity index (χ0v) is 14.5. The number of nitrogens with one attached hydrogen (secondary N) is 4. The van der Waals surface area contributed by atoms with Gasteiger partial charge in [0.15, 0.2) is 0 Å². The van der Waals surface area contributed by atoms with E-state index in [1.54, 1.807) is 0 Å². The fourth-order valence-electron chi connectivity index (χ4n) is 4.14. The molecular weight excluding hydrogens is 320 g/mol. The van der Waals surface area contributed by atoms with Gasteiger partial charge in [0.25, 0.3) is 0 Å². The Hall–Kier alpha value is -1.44. The number of hydrogen-bond donors (Lipinski definition) is 4. The molecule has 1 aromatic rings. The van der Waals surface area contributed by atoms with Crippen molar-refractivity contribution >= 4 is 29.6 Å². The molecule has 4 N–H and O–H groups in total. The predicted molar refractivity (Wildman–Crippen MR) is 98.5 cm³/mol. The van der Waals surface area contributed by atoms with E-state index in [9.17, 15) is 0 Å². The second-order valence-electron chi connectivity index (χ2n) is 7.21. The number of aromatic nitrogens is 1. The number of thioether (sulfide) groups is 1. The van der Waals surface area contributed by atoms with Crippen molar-refractivity contribution in [1.82, 2.24) is 26.3 Å². The minimum Gasteiger partial charge on any atom is -0.346 e. The number of H-pyrrole nitrogens is 1. The molecule has 4 heterocycles. The third-order valence-corrected chi connectivity index (χ3v) is 6.95. The van der Waals surface area contributed by atoms with Crippen LogP contribution in [-0.4, -0.2) is 40.4 Å². The lowest BCUT2D eigenvalue weighted by Crippen LogP contribution is -2.43. The Morgan fingerprint density at radius 2 is 2.12 bits per heavy atom. The van der Waals surface area contributed by atoms with Crippen molar-refractivity contribution < 1.29 is 0 Å². The number of aliphatic imine (C=N–C) groups is 1. The second kappa shape index (κ2) is 6.13. The van der Waals surface area contributed by atoms with Crippen LogP contribution in [0.15, 0.2) is 23.0 Å². The largest absolute Gasteiger partial charge is 0.346 e. The van der Waals surface area contributed by atoms with Crippen molar-refractivity contribution in [2.75, 3.05) is 18.1 Å². The predicted octanol–water partition coefficient (Wildman–Crippen LogP) is 2.19. The number of hydrogen-bond acceptors (Lipinski definition) is 6. The van der Waals surface area contributed by atoms with E-state index in [0.717, 1.165) is 17.8 Å². The molecule has 3 aliphatic heterocycles. The summed E-state index contributed by atoms with van der Waals surface area (Å²) in [6.45, 7) is 1.20. The smallest absolute Gasteiger partial charge is 0.141 e. The summed E-state index contributed by atoms with van der Waals surface area (Å²) in [4.78, 5) is 7.66. The molecule has 7 heteroatoms. The van der Waals surface area contributed by atoms with Crippen molar-refractivity contribution in [3.05, 3.63) is 23.5 Å². The molecule has 0 radical (unpaired) electrons. The first-order chi connectivity index (χ1) is 11.9. The zero-order chi connectivity index (χ0) is 15.9. The highest BCUT2D eigenvalue weighted by Gasteiger charge is 2.34. The van der Waals surface area contributed by atoms with E-state index in [0.29, 0.717) is 5.92 Å². The molecule has 5 rings (SSSR count). The minimum atomic E-state index is 0.613. The van der Waals surface area contributed by atoms with Crippen LogP contribution in [0.5, 0.6) is 0 Å². The van der Waals surface area contributed by atoms with E-state index in [2.05, 4.69) is 44.1 Å².